The molecule has 0 spiro atoms. The number of rotatable bonds is 1. The summed E-state index contributed by atoms with van der Waals surface area (Å²) in [6.07, 6.45) is 0. The Hall–Kier alpha value is -1.74. The summed E-state index contributed by atoms with van der Waals surface area (Å²) in [7, 11) is 0. The third kappa shape index (κ3) is 1.72. The van der Waals surface area contributed by atoms with E-state index in [1.165, 1.54) is 11.1 Å². The fourth-order valence-corrected chi connectivity index (χ4v) is 2.23. The molecule has 2 aromatic carbocycles. The van der Waals surface area contributed by atoms with Crippen LogP contribution in [0, 0.1) is 6.92 Å². The van der Waals surface area contributed by atoms with Crippen molar-refractivity contribution < 1.29 is 4.42 Å². The molecule has 0 saturated heterocycles. The number of nitrogens with zero attached hydrogens (tertiary/aromatic N) is 1. The molecule has 1 aromatic heterocycles. The molecule has 0 aliphatic heterocycles. The van der Waals surface area contributed by atoms with E-state index in [9.17, 15) is 0 Å². The van der Waals surface area contributed by atoms with E-state index in [2.05, 4.69) is 42.7 Å². The van der Waals surface area contributed by atoms with Gasteiger partial charge in [0.1, 0.15) is 5.52 Å². The van der Waals surface area contributed by atoms with Gasteiger partial charge in [-0.1, -0.05) is 49.0 Å². The predicted octanol–water partition coefficient (Wildman–Crippen LogP) is 4.09. The highest BCUT2D eigenvalue weighted by Gasteiger charge is 2.10. The number of oxazole rings is 1. The Morgan fingerprint density at radius 1 is 1.00 bits per heavy atom. The number of aryl methyl sites for hydroxylation is 1. The molecule has 3 rings (SSSR count). The van der Waals surface area contributed by atoms with Crippen LogP contribution in [0.25, 0.3) is 22.2 Å². The molecule has 1 heterocycles. The number of fused-ring (bicyclic) bond motifs is 1. The van der Waals surface area contributed by atoms with Crippen molar-refractivity contribution in [2.75, 3.05) is 0 Å². The molecule has 0 N–H and O–H groups in total. The number of hydrogen-bond donors (Lipinski definition) is 1. The lowest BCUT2D eigenvalue weighted by atomic mass is 10.00. The lowest BCUT2D eigenvalue weighted by Crippen LogP contribution is -1.84. The van der Waals surface area contributed by atoms with Crippen LogP contribution in [0.4, 0.5) is 0 Å². The van der Waals surface area contributed by atoms with Crippen molar-refractivity contribution in [3.05, 3.63) is 48.0 Å². The SMILES string of the molecule is Cc1ccccc1-c1cccc2oc(S)nc12. The summed E-state index contributed by atoms with van der Waals surface area (Å²) < 4.78 is 5.42. The van der Waals surface area contributed by atoms with Gasteiger partial charge in [-0.25, -0.2) is 4.98 Å². The van der Waals surface area contributed by atoms with E-state index >= 15 is 0 Å². The molecular weight excluding hydrogens is 230 g/mol. The second kappa shape index (κ2) is 3.93. The minimum atomic E-state index is 0.404. The van der Waals surface area contributed by atoms with Crippen molar-refractivity contribution in [2.45, 2.75) is 12.1 Å². The van der Waals surface area contributed by atoms with Crippen LogP contribution in [0.15, 0.2) is 52.1 Å². The monoisotopic (exact) mass is 241 g/mol. The molecule has 2 nitrogen and oxygen atoms in total. The maximum absolute atomic E-state index is 5.42. The first-order valence-electron chi connectivity index (χ1n) is 5.40. The van der Waals surface area contributed by atoms with Gasteiger partial charge in [-0.2, -0.15) is 0 Å². The van der Waals surface area contributed by atoms with Gasteiger partial charge in [0.2, 0.25) is 0 Å². The fourth-order valence-electron chi connectivity index (χ4n) is 2.03. The summed E-state index contributed by atoms with van der Waals surface area (Å²) in [4.78, 5) is 4.33. The second-order valence-corrected chi connectivity index (χ2v) is 4.35. The van der Waals surface area contributed by atoms with Gasteiger partial charge in [0.25, 0.3) is 5.22 Å². The lowest BCUT2D eigenvalue weighted by molar-refractivity contribution is 0.492. The smallest absolute Gasteiger partial charge is 0.253 e. The van der Waals surface area contributed by atoms with E-state index in [0.29, 0.717) is 5.22 Å². The van der Waals surface area contributed by atoms with Gasteiger partial charge in [-0.15, -0.1) is 0 Å². The van der Waals surface area contributed by atoms with E-state index in [4.69, 9.17) is 4.42 Å². The van der Waals surface area contributed by atoms with Crippen molar-refractivity contribution in [1.29, 1.82) is 0 Å². The third-order valence-corrected chi connectivity index (χ3v) is 3.03. The van der Waals surface area contributed by atoms with E-state index in [-0.39, 0.29) is 0 Å². The van der Waals surface area contributed by atoms with Crippen LogP contribution in [0.1, 0.15) is 5.56 Å². The van der Waals surface area contributed by atoms with Crippen LogP contribution in [-0.2, 0) is 0 Å². The normalized spacial score (nSPS) is 10.9. The molecule has 0 aliphatic rings. The second-order valence-electron chi connectivity index (χ2n) is 3.96. The van der Waals surface area contributed by atoms with Gasteiger partial charge in [0, 0.05) is 5.56 Å². The average molecular weight is 241 g/mol. The number of hydrogen-bond acceptors (Lipinski definition) is 3. The van der Waals surface area contributed by atoms with Gasteiger partial charge >= 0.3 is 0 Å². The Balaban J connectivity index is 2.34. The van der Waals surface area contributed by atoms with E-state index < -0.39 is 0 Å². The first-order chi connectivity index (χ1) is 8.25. The first kappa shape index (κ1) is 10.4. The van der Waals surface area contributed by atoms with Crippen LogP contribution >= 0.6 is 12.6 Å². The molecule has 0 aliphatic carbocycles. The summed E-state index contributed by atoms with van der Waals surface area (Å²) in [6, 6.07) is 14.2. The summed E-state index contributed by atoms with van der Waals surface area (Å²) in [5, 5.41) is 0.404. The van der Waals surface area contributed by atoms with Crippen molar-refractivity contribution in [2.24, 2.45) is 0 Å². The molecule has 0 unspecified atom stereocenters. The number of aromatic nitrogens is 1. The molecule has 0 amide bonds. The van der Waals surface area contributed by atoms with Gasteiger partial charge in [0.15, 0.2) is 5.58 Å². The van der Waals surface area contributed by atoms with E-state index in [1.54, 1.807) is 0 Å². The Bertz CT molecular complexity index is 688. The van der Waals surface area contributed by atoms with Crippen LogP contribution < -0.4 is 0 Å². The third-order valence-electron chi connectivity index (χ3n) is 2.84. The van der Waals surface area contributed by atoms with Gasteiger partial charge in [-0.3, -0.25) is 0 Å². The zero-order valence-electron chi connectivity index (χ0n) is 9.34. The minimum absolute atomic E-state index is 0.404. The largest absolute Gasteiger partial charge is 0.432 e. The zero-order chi connectivity index (χ0) is 11.8. The van der Waals surface area contributed by atoms with Crippen molar-refractivity contribution >= 4 is 23.7 Å². The Morgan fingerprint density at radius 2 is 1.76 bits per heavy atom. The number of benzene rings is 2. The molecule has 0 fully saturated rings. The maximum Gasteiger partial charge on any atom is 0.253 e. The predicted molar refractivity (Wildman–Crippen MR) is 71.4 cm³/mol. The molecule has 84 valence electrons. The zero-order valence-corrected chi connectivity index (χ0v) is 10.2. The van der Waals surface area contributed by atoms with Crippen LogP contribution in [-0.4, -0.2) is 4.98 Å². The quantitative estimate of drug-likeness (QED) is 0.649. The fraction of sp³-hybridized carbons (Fsp3) is 0.0714. The topological polar surface area (TPSA) is 26.0 Å². The summed E-state index contributed by atoms with van der Waals surface area (Å²) >= 11 is 4.15. The van der Waals surface area contributed by atoms with Crippen molar-refractivity contribution in [3.8, 4) is 11.1 Å². The molecule has 0 bridgehead atoms. The Morgan fingerprint density at radius 3 is 2.59 bits per heavy atom. The van der Waals surface area contributed by atoms with Gasteiger partial charge in [-0.05, 0) is 24.1 Å². The Labute approximate surface area is 105 Å². The summed E-state index contributed by atoms with van der Waals surface area (Å²) in [6.45, 7) is 2.09. The Kier molecular flexibility index (Phi) is 2.41. The highest BCUT2D eigenvalue weighted by atomic mass is 32.1. The minimum Gasteiger partial charge on any atom is -0.432 e. The van der Waals surface area contributed by atoms with Crippen molar-refractivity contribution in [1.82, 2.24) is 4.98 Å². The molecule has 0 radical (unpaired) electrons. The van der Waals surface area contributed by atoms with Crippen LogP contribution in [0.3, 0.4) is 0 Å². The molecule has 17 heavy (non-hydrogen) atoms. The summed E-state index contributed by atoms with van der Waals surface area (Å²) in [5.41, 5.74) is 5.13. The lowest BCUT2D eigenvalue weighted by Gasteiger charge is -2.05. The van der Waals surface area contributed by atoms with Gasteiger partial charge < -0.3 is 4.42 Å². The highest BCUT2D eigenvalue weighted by molar-refractivity contribution is 7.80. The van der Waals surface area contributed by atoms with Crippen molar-refractivity contribution in [3.63, 3.8) is 0 Å². The molecular formula is C14H11NOS. The highest BCUT2D eigenvalue weighted by Crippen LogP contribution is 2.31. The first-order valence-corrected chi connectivity index (χ1v) is 5.85. The maximum atomic E-state index is 5.42. The molecule has 0 atom stereocenters. The number of para-hydroxylation sites is 1. The standard InChI is InChI=1S/C14H11NOS/c1-9-5-2-3-6-10(9)11-7-4-8-12-13(11)15-14(17)16-12/h2-8H,1H3,(H,15,17). The molecule has 3 aromatic rings. The van der Waals surface area contributed by atoms with E-state index in [1.807, 2.05) is 24.3 Å². The molecule has 3 heteroatoms. The van der Waals surface area contributed by atoms with Crippen LogP contribution in [0.5, 0.6) is 0 Å². The average Bonchev–Trinajstić information content (AvgIpc) is 2.70. The van der Waals surface area contributed by atoms with Gasteiger partial charge in [0.05, 0.1) is 0 Å². The number of thiol groups is 1. The van der Waals surface area contributed by atoms with E-state index in [0.717, 1.165) is 16.7 Å². The van der Waals surface area contributed by atoms with Crippen LogP contribution in [0.2, 0.25) is 0 Å². The summed E-state index contributed by atoms with van der Waals surface area (Å²) in [5.74, 6) is 0. The molecule has 0 saturated carbocycles.